The predicted molar refractivity (Wildman–Crippen MR) is 104 cm³/mol. The molecule has 2 fully saturated rings. The molecule has 1 N–H and O–H groups in total. The molecule has 0 aromatic heterocycles. The summed E-state index contributed by atoms with van der Waals surface area (Å²) in [5.41, 5.74) is -0.306. The topological polar surface area (TPSA) is 79.3 Å². The van der Waals surface area contributed by atoms with Gasteiger partial charge in [-0.3, -0.25) is 9.59 Å². The summed E-state index contributed by atoms with van der Waals surface area (Å²) in [4.78, 5) is 29.0. The number of carbonyl (C=O) groups excluding carboxylic acids is 1. The summed E-state index contributed by atoms with van der Waals surface area (Å²) in [6.45, 7) is 1.73. The van der Waals surface area contributed by atoms with Crippen LogP contribution in [0.1, 0.15) is 29.6 Å². The van der Waals surface area contributed by atoms with Crippen molar-refractivity contribution in [1.82, 2.24) is 9.80 Å². The number of carboxylic acids is 1. The largest absolute Gasteiger partial charge is 0.493 e. The van der Waals surface area contributed by atoms with Crippen LogP contribution >= 0.6 is 0 Å². The van der Waals surface area contributed by atoms with E-state index < -0.39 is 11.4 Å². The first-order valence-electron chi connectivity index (χ1n) is 9.40. The van der Waals surface area contributed by atoms with Gasteiger partial charge in [-0.05, 0) is 51.1 Å². The monoisotopic (exact) mass is 386 g/mol. The molecule has 2 saturated heterocycles. The summed E-state index contributed by atoms with van der Waals surface area (Å²) in [5.74, 6) is 2.41. The van der Waals surface area contributed by atoms with Crippen LogP contribution in [0.25, 0.3) is 0 Å². The highest BCUT2D eigenvalue weighted by atomic mass is 16.5. The number of hydrogen-bond acceptors (Lipinski definition) is 5. The molecule has 28 heavy (non-hydrogen) atoms. The Labute approximate surface area is 165 Å². The van der Waals surface area contributed by atoms with Crippen molar-refractivity contribution in [3.63, 3.8) is 0 Å². The first-order chi connectivity index (χ1) is 13.4. The normalized spacial score (nSPS) is 24.8. The lowest BCUT2D eigenvalue weighted by Gasteiger charge is -2.51. The van der Waals surface area contributed by atoms with Gasteiger partial charge < -0.3 is 24.4 Å². The maximum Gasteiger partial charge on any atom is 0.311 e. The van der Waals surface area contributed by atoms with E-state index in [0.717, 1.165) is 13.0 Å². The zero-order valence-electron chi connectivity index (χ0n) is 16.3. The molecular weight excluding hydrogens is 360 g/mol. The van der Waals surface area contributed by atoms with Gasteiger partial charge in [0.2, 0.25) is 0 Å². The van der Waals surface area contributed by atoms with E-state index in [4.69, 9.17) is 15.9 Å². The van der Waals surface area contributed by atoms with E-state index in [1.807, 2.05) is 7.05 Å². The Hall–Kier alpha value is -2.72. The molecule has 2 atom stereocenters. The highest BCUT2D eigenvalue weighted by Crippen LogP contribution is 2.42. The van der Waals surface area contributed by atoms with Gasteiger partial charge in [0.25, 0.3) is 5.91 Å². The maximum atomic E-state index is 13.1. The van der Waals surface area contributed by atoms with Crippen LogP contribution in [-0.2, 0) is 4.79 Å². The van der Waals surface area contributed by atoms with E-state index in [-0.39, 0.29) is 18.6 Å². The quantitative estimate of drug-likeness (QED) is 0.777. The number of likely N-dealkylation sites (N-methyl/N-ethyl adjacent to an activating group) is 1. The third-order valence-electron chi connectivity index (χ3n) is 5.96. The van der Waals surface area contributed by atoms with Crippen molar-refractivity contribution in [3.05, 3.63) is 23.8 Å². The second-order valence-corrected chi connectivity index (χ2v) is 7.42. The van der Waals surface area contributed by atoms with Crippen molar-refractivity contribution in [1.29, 1.82) is 0 Å². The van der Waals surface area contributed by atoms with Gasteiger partial charge in [0, 0.05) is 24.7 Å². The first kappa shape index (κ1) is 20.0. The number of aliphatic carboxylic acids is 1. The van der Waals surface area contributed by atoms with Crippen molar-refractivity contribution >= 4 is 11.9 Å². The van der Waals surface area contributed by atoms with E-state index in [9.17, 15) is 14.7 Å². The minimum Gasteiger partial charge on any atom is -0.493 e. The van der Waals surface area contributed by atoms with Crippen LogP contribution in [0, 0.1) is 17.8 Å². The lowest BCUT2D eigenvalue weighted by atomic mass is 9.68. The Morgan fingerprint density at radius 3 is 2.79 bits per heavy atom. The number of piperidine rings is 2. The Morgan fingerprint density at radius 2 is 2.11 bits per heavy atom. The molecule has 150 valence electrons. The van der Waals surface area contributed by atoms with Crippen molar-refractivity contribution in [2.45, 2.75) is 25.3 Å². The fraction of sp³-hybridized carbons (Fsp3) is 0.524. The van der Waals surface area contributed by atoms with Crippen LogP contribution in [0.4, 0.5) is 0 Å². The number of rotatable bonds is 5. The summed E-state index contributed by atoms with van der Waals surface area (Å²) in [6.07, 6.45) is 7.23. The molecule has 2 aliphatic heterocycles. The predicted octanol–water partition coefficient (Wildman–Crippen LogP) is 1.72. The van der Waals surface area contributed by atoms with Gasteiger partial charge in [-0.1, -0.05) is 5.92 Å². The van der Waals surface area contributed by atoms with E-state index in [1.54, 1.807) is 23.1 Å². The van der Waals surface area contributed by atoms with Crippen LogP contribution in [0.2, 0.25) is 0 Å². The number of hydrogen-bond donors (Lipinski definition) is 1. The number of carboxylic acid groups (broad SMARTS) is 1. The van der Waals surface area contributed by atoms with Gasteiger partial charge in [0.1, 0.15) is 6.61 Å². The molecule has 7 heteroatoms. The molecule has 0 radical (unpaired) electrons. The maximum absolute atomic E-state index is 13.1. The third-order valence-corrected chi connectivity index (χ3v) is 5.96. The van der Waals surface area contributed by atoms with E-state index >= 15 is 0 Å². The molecule has 0 aliphatic carbocycles. The molecule has 7 nitrogen and oxygen atoms in total. The van der Waals surface area contributed by atoms with E-state index in [1.165, 1.54) is 7.11 Å². The first-order valence-corrected chi connectivity index (χ1v) is 9.40. The van der Waals surface area contributed by atoms with Gasteiger partial charge in [0.05, 0.1) is 12.5 Å². The zero-order valence-corrected chi connectivity index (χ0v) is 16.3. The molecule has 3 rings (SSSR count). The van der Waals surface area contributed by atoms with E-state index in [2.05, 4.69) is 10.8 Å². The number of amides is 1. The summed E-state index contributed by atoms with van der Waals surface area (Å²) in [5, 5.41) is 9.88. The van der Waals surface area contributed by atoms with Crippen LogP contribution in [0.3, 0.4) is 0 Å². The fourth-order valence-electron chi connectivity index (χ4n) is 4.39. The molecule has 0 bridgehead atoms. The third kappa shape index (κ3) is 3.52. The number of benzene rings is 1. The van der Waals surface area contributed by atoms with Crippen molar-refractivity contribution < 1.29 is 24.2 Å². The zero-order chi connectivity index (χ0) is 20.3. The Balaban J connectivity index is 1.82. The van der Waals surface area contributed by atoms with Crippen molar-refractivity contribution in [3.8, 4) is 23.8 Å². The molecule has 1 aromatic carbocycles. The average Bonchev–Trinajstić information content (AvgIpc) is 2.71. The molecule has 1 amide bonds. The number of nitrogens with zero attached hydrogens (tertiary/aromatic N) is 2. The highest BCUT2D eigenvalue weighted by Gasteiger charge is 2.52. The van der Waals surface area contributed by atoms with Crippen LogP contribution < -0.4 is 9.47 Å². The van der Waals surface area contributed by atoms with Crippen LogP contribution in [-0.4, -0.2) is 73.2 Å². The molecule has 2 aliphatic rings. The lowest BCUT2D eigenvalue weighted by molar-refractivity contribution is -0.161. The molecule has 2 heterocycles. The Bertz CT molecular complexity index is 802. The van der Waals surface area contributed by atoms with Gasteiger partial charge in [-0.15, -0.1) is 6.42 Å². The number of ether oxygens (including phenoxy) is 2. The van der Waals surface area contributed by atoms with Crippen molar-refractivity contribution in [2.24, 2.45) is 5.41 Å². The van der Waals surface area contributed by atoms with Crippen LogP contribution in [0.5, 0.6) is 11.5 Å². The SMILES string of the molecule is C#CCOc1cc(C(=O)N2CC[C@@]3(C(=O)O)CCCN(C)[C@@H]3C2)ccc1OC. The number of terminal acetylenes is 1. The smallest absolute Gasteiger partial charge is 0.311 e. The molecule has 0 saturated carbocycles. The Kier molecular flexibility index (Phi) is 5.80. The second kappa shape index (κ2) is 8.11. The lowest BCUT2D eigenvalue weighted by Crippen LogP contribution is -2.63. The summed E-state index contributed by atoms with van der Waals surface area (Å²) < 4.78 is 10.7. The summed E-state index contributed by atoms with van der Waals surface area (Å²) >= 11 is 0. The molecule has 0 spiro atoms. The number of methoxy groups -OCH3 is 1. The van der Waals surface area contributed by atoms with Gasteiger partial charge in [0.15, 0.2) is 11.5 Å². The number of likely N-dealkylation sites (tertiary alicyclic amines) is 2. The molecule has 0 unspecified atom stereocenters. The number of carbonyl (C=O) groups is 2. The van der Waals surface area contributed by atoms with E-state index in [0.29, 0.717) is 43.0 Å². The van der Waals surface area contributed by atoms with Gasteiger partial charge in [-0.2, -0.15) is 0 Å². The highest BCUT2D eigenvalue weighted by molar-refractivity contribution is 5.95. The average molecular weight is 386 g/mol. The Morgan fingerprint density at radius 1 is 1.32 bits per heavy atom. The fourth-order valence-corrected chi connectivity index (χ4v) is 4.39. The second-order valence-electron chi connectivity index (χ2n) is 7.42. The van der Waals surface area contributed by atoms with Crippen LogP contribution in [0.15, 0.2) is 18.2 Å². The molecular formula is C21H26N2O5. The minimum atomic E-state index is -0.773. The standard InChI is InChI=1S/C21H26N2O5/c1-4-12-28-17-13-15(6-7-16(17)27-3)19(24)23-11-9-21(20(25)26)8-5-10-22(2)18(21)14-23/h1,6-7,13,18H,5,8-12,14H2,2-3H3,(H,25,26)/t18-,21+/m1/s1. The molecule has 1 aromatic rings. The van der Waals surface area contributed by atoms with Gasteiger partial charge in [-0.25, -0.2) is 0 Å². The summed E-state index contributed by atoms with van der Waals surface area (Å²) in [6, 6.07) is 4.80. The number of fused-ring (bicyclic) bond motifs is 1. The minimum absolute atomic E-state index is 0.0751. The summed E-state index contributed by atoms with van der Waals surface area (Å²) in [7, 11) is 3.46. The van der Waals surface area contributed by atoms with Crippen molar-refractivity contribution in [2.75, 3.05) is 40.4 Å². The van der Waals surface area contributed by atoms with Gasteiger partial charge >= 0.3 is 5.97 Å².